The minimum Gasteiger partial charge on any atom is -0.324 e. The van der Waals surface area contributed by atoms with E-state index in [0.717, 1.165) is 11.1 Å². The van der Waals surface area contributed by atoms with Gasteiger partial charge in [0.05, 0.1) is 6.54 Å². The highest BCUT2D eigenvalue weighted by molar-refractivity contribution is 5.28. The predicted molar refractivity (Wildman–Crippen MR) is 75.5 cm³/mol. The van der Waals surface area contributed by atoms with Crippen LogP contribution in [0.25, 0.3) is 0 Å². The van der Waals surface area contributed by atoms with Crippen LogP contribution >= 0.6 is 0 Å². The second kappa shape index (κ2) is 7.09. The van der Waals surface area contributed by atoms with Crippen LogP contribution in [0.5, 0.6) is 0 Å². The molecule has 0 saturated heterocycles. The molecule has 1 aromatic carbocycles. The molecule has 0 bridgehead atoms. The minimum absolute atomic E-state index is 0.152. The summed E-state index contributed by atoms with van der Waals surface area (Å²) in [5, 5.41) is 0. The quantitative estimate of drug-likeness (QED) is 0.865. The van der Waals surface area contributed by atoms with E-state index >= 15 is 0 Å². The van der Waals surface area contributed by atoms with E-state index in [1.807, 2.05) is 31.2 Å². The number of alkyl halides is 3. The lowest BCUT2D eigenvalue weighted by atomic mass is 9.99. The fourth-order valence-electron chi connectivity index (χ4n) is 2.21. The summed E-state index contributed by atoms with van der Waals surface area (Å²) in [5.41, 5.74) is 8.18. The van der Waals surface area contributed by atoms with E-state index in [1.54, 1.807) is 13.8 Å². The van der Waals surface area contributed by atoms with Gasteiger partial charge >= 0.3 is 6.18 Å². The van der Waals surface area contributed by atoms with Crippen LogP contribution in [0.4, 0.5) is 13.2 Å². The van der Waals surface area contributed by atoms with Gasteiger partial charge in [-0.2, -0.15) is 13.2 Å². The Morgan fingerprint density at radius 3 is 2.30 bits per heavy atom. The summed E-state index contributed by atoms with van der Waals surface area (Å²) in [6, 6.07) is 7.34. The Labute approximate surface area is 118 Å². The largest absolute Gasteiger partial charge is 0.401 e. The van der Waals surface area contributed by atoms with Crippen LogP contribution in [0, 0.1) is 6.92 Å². The van der Waals surface area contributed by atoms with Gasteiger partial charge in [-0.3, -0.25) is 4.90 Å². The first kappa shape index (κ1) is 17.0. The number of aryl methyl sites for hydroxylation is 1. The Morgan fingerprint density at radius 2 is 1.80 bits per heavy atom. The summed E-state index contributed by atoms with van der Waals surface area (Å²) < 4.78 is 37.5. The average molecular weight is 288 g/mol. The number of nitrogens with zero attached hydrogens (tertiary/aromatic N) is 1. The lowest BCUT2D eigenvalue weighted by Gasteiger charge is -2.28. The molecule has 0 aromatic heterocycles. The van der Waals surface area contributed by atoms with Crippen molar-refractivity contribution in [3.63, 3.8) is 0 Å². The normalized spacial score (nSPS) is 14.1. The maximum Gasteiger partial charge on any atom is 0.401 e. The van der Waals surface area contributed by atoms with E-state index < -0.39 is 12.7 Å². The zero-order chi connectivity index (χ0) is 15.3. The van der Waals surface area contributed by atoms with Crippen molar-refractivity contribution >= 4 is 0 Å². The summed E-state index contributed by atoms with van der Waals surface area (Å²) >= 11 is 0. The molecular weight excluding hydrogens is 265 g/mol. The molecule has 1 atom stereocenters. The first-order valence-electron chi connectivity index (χ1n) is 6.82. The number of hydrogen-bond donors (Lipinski definition) is 1. The number of benzene rings is 1. The van der Waals surface area contributed by atoms with Gasteiger partial charge in [-0.05, 0) is 38.3 Å². The molecule has 0 amide bonds. The van der Waals surface area contributed by atoms with Crippen molar-refractivity contribution in [1.29, 1.82) is 0 Å². The maximum atomic E-state index is 12.5. The highest BCUT2D eigenvalue weighted by Crippen LogP contribution is 2.21. The fraction of sp³-hybridized carbons (Fsp3) is 0.600. The number of halogens is 3. The Balaban J connectivity index is 2.61. The fourth-order valence-corrected chi connectivity index (χ4v) is 2.21. The Kier molecular flexibility index (Phi) is 6.02. The van der Waals surface area contributed by atoms with Crippen LogP contribution in [-0.4, -0.2) is 30.2 Å². The lowest BCUT2D eigenvalue weighted by Crippen LogP contribution is -2.40. The van der Waals surface area contributed by atoms with Crippen LogP contribution in [-0.2, 0) is 0 Å². The molecule has 0 spiro atoms. The molecule has 0 aliphatic rings. The van der Waals surface area contributed by atoms with Crippen LogP contribution in [0.15, 0.2) is 24.3 Å². The second-order valence-electron chi connectivity index (χ2n) is 5.43. The van der Waals surface area contributed by atoms with Gasteiger partial charge in [0.2, 0.25) is 0 Å². The zero-order valence-corrected chi connectivity index (χ0v) is 12.2. The molecule has 20 heavy (non-hydrogen) atoms. The third kappa shape index (κ3) is 5.51. The molecule has 114 valence electrons. The predicted octanol–water partition coefficient (Wildman–Crippen LogP) is 3.66. The minimum atomic E-state index is -4.17. The summed E-state index contributed by atoms with van der Waals surface area (Å²) in [4.78, 5) is 1.41. The third-order valence-corrected chi connectivity index (χ3v) is 3.43. The van der Waals surface area contributed by atoms with Gasteiger partial charge in [0.15, 0.2) is 0 Å². The highest BCUT2D eigenvalue weighted by atomic mass is 19.4. The number of rotatable bonds is 6. The number of hydrogen-bond acceptors (Lipinski definition) is 2. The topological polar surface area (TPSA) is 29.3 Å². The van der Waals surface area contributed by atoms with E-state index in [4.69, 9.17) is 5.73 Å². The van der Waals surface area contributed by atoms with Gasteiger partial charge in [-0.25, -0.2) is 0 Å². The second-order valence-corrected chi connectivity index (χ2v) is 5.43. The Morgan fingerprint density at radius 1 is 1.20 bits per heavy atom. The molecule has 0 saturated carbocycles. The SMILES string of the molecule is Cc1ccccc1C(N)CCN(CC(F)(F)F)C(C)C. The van der Waals surface area contributed by atoms with Crippen LogP contribution < -0.4 is 5.73 Å². The molecule has 2 N–H and O–H groups in total. The van der Waals surface area contributed by atoms with Gasteiger partial charge in [0, 0.05) is 18.6 Å². The van der Waals surface area contributed by atoms with Gasteiger partial charge < -0.3 is 5.73 Å². The summed E-state index contributed by atoms with van der Waals surface area (Å²) in [6.07, 6.45) is -3.66. The molecule has 0 aliphatic heterocycles. The van der Waals surface area contributed by atoms with Gasteiger partial charge in [0.1, 0.15) is 0 Å². The molecule has 1 rings (SSSR count). The maximum absolute atomic E-state index is 12.5. The molecule has 0 fully saturated rings. The van der Waals surface area contributed by atoms with E-state index in [1.165, 1.54) is 4.90 Å². The van der Waals surface area contributed by atoms with E-state index in [2.05, 4.69) is 0 Å². The molecule has 1 aromatic rings. The first-order valence-corrected chi connectivity index (χ1v) is 6.82. The first-order chi connectivity index (χ1) is 9.20. The van der Waals surface area contributed by atoms with E-state index in [9.17, 15) is 13.2 Å². The lowest BCUT2D eigenvalue weighted by molar-refractivity contribution is -0.149. The smallest absolute Gasteiger partial charge is 0.324 e. The van der Waals surface area contributed by atoms with Crippen molar-refractivity contribution in [2.75, 3.05) is 13.1 Å². The van der Waals surface area contributed by atoms with Crippen LogP contribution in [0.3, 0.4) is 0 Å². The molecule has 5 heteroatoms. The van der Waals surface area contributed by atoms with Gasteiger partial charge in [-0.1, -0.05) is 24.3 Å². The van der Waals surface area contributed by atoms with E-state index in [0.29, 0.717) is 13.0 Å². The summed E-state index contributed by atoms with van der Waals surface area (Å²) in [5.74, 6) is 0. The zero-order valence-electron chi connectivity index (χ0n) is 12.2. The van der Waals surface area contributed by atoms with Crippen LogP contribution in [0.2, 0.25) is 0 Å². The molecular formula is C15H23F3N2. The highest BCUT2D eigenvalue weighted by Gasteiger charge is 2.31. The molecule has 0 aliphatic carbocycles. The third-order valence-electron chi connectivity index (χ3n) is 3.43. The molecule has 0 heterocycles. The van der Waals surface area contributed by atoms with Crippen LogP contribution in [0.1, 0.15) is 37.4 Å². The average Bonchev–Trinajstić information content (AvgIpc) is 2.33. The van der Waals surface area contributed by atoms with E-state index in [-0.39, 0.29) is 12.1 Å². The monoisotopic (exact) mass is 288 g/mol. The molecule has 1 unspecified atom stereocenters. The molecule has 2 nitrogen and oxygen atoms in total. The Bertz CT molecular complexity index is 416. The van der Waals surface area contributed by atoms with Crippen molar-refractivity contribution in [1.82, 2.24) is 4.90 Å². The standard InChI is InChI=1S/C15H23F3N2/c1-11(2)20(10-15(16,17)18)9-8-14(19)13-7-5-4-6-12(13)3/h4-7,11,14H,8-10,19H2,1-3H3. The van der Waals surface area contributed by atoms with Crippen molar-refractivity contribution in [3.05, 3.63) is 35.4 Å². The number of nitrogens with two attached hydrogens (primary N) is 1. The van der Waals surface area contributed by atoms with Gasteiger partial charge in [-0.15, -0.1) is 0 Å². The van der Waals surface area contributed by atoms with Crippen molar-refractivity contribution < 1.29 is 13.2 Å². The summed E-state index contributed by atoms with van der Waals surface area (Å²) in [6.45, 7) is 4.96. The summed E-state index contributed by atoms with van der Waals surface area (Å²) in [7, 11) is 0. The molecule has 0 radical (unpaired) electrons. The Hall–Kier alpha value is -1.07. The van der Waals surface area contributed by atoms with Crippen molar-refractivity contribution in [2.45, 2.75) is 45.5 Å². The van der Waals surface area contributed by atoms with Crippen molar-refractivity contribution in [2.24, 2.45) is 5.73 Å². The van der Waals surface area contributed by atoms with Gasteiger partial charge in [0.25, 0.3) is 0 Å². The van der Waals surface area contributed by atoms with Crippen molar-refractivity contribution in [3.8, 4) is 0 Å².